The first kappa shape index (κ1) is 17.3. The Morgan fingerprint density at radius 3 is 2.48 bits per heavy atom. The van der Waals surface area contributed by atoms with E-state index in [0.29, 0.717) is 0 Å². The molecule has 118 valence electrons. The van der Waals surface area contributed by atoms with E-state index in [-0.39, 0.29) is 28.2 Å². The molecule has 8 nitrogen and oxygen atoms in total. The van der Waals surface area contributed by atoms with Gasteiger partial charge in [-0.15, -0.1) is 0 Å². The zero-order chi connectivity index (χ0) is 16.2. The lowest BCUT2D eigenvalue weighted by Gasteiger charge is -2.20. The lowest BCUT2D eigenvalue weighted by atomic mass is 10.0. The largest absolute Gasteiger partial charge is 0.318 e. The van der Waals surface area contributed by atoms with Gasteiger partial charge in [-0.05, 0) is 25.0 Å². The summed E-state index contributed by atoms with van der Waals surface area (Å²) in [6.45, 7) is 5.69. The fourth-order valence-electron chi connectivity index (χ4n) is 1.74. The van der Waals surface area contributed by atoms with E-state index in [1.165, 1.54) is 6.07 Å². The van der Waals surface area contributed by atoms with Crippen LogP contribution in [0.3, 0.4) is 0 Å². The summed E-state index contributed by atoms with van der Waals surface area (Å²) in [6.07, 6.45) is 0.833. The maximum atomic E-state index is 12.3. The van der Waals surface area contributed by atoms with Crippen molar-refractivity contribution in [1.82, 2.24) is 4.72 Å². The molecule has 1 rings (SSSR count). The second-order valence-electron chi connectivity index (χ2n) is 4.88. The lowest BCUT2D eigenvalue weighted by Crippen LogP contribution is -2.36. The number of nitrogens with one attached hydrogen (secondary N) is 2. The maximum absolute atomic E-state index is 12.3. The summed E-state index contributed by atoms with van der Waals surface area (Å²) in [5.74, 6) is 5.37. The van der Waals surface area contributed by atoms with Gasteiger partial charge in [0.05, 0.1) is 9.82 Å². The summed E-state index contributed by atoms with van der Waals surface area (Å²) >= 11 is 0. The van der Waals surface area contributed by atoms with Crippen LogP contribution in [0.4, 0.5) is 11.4 Å². The summed E-state index contributed by atoms with van der Waals surface area (Å²) in [4.78, 5) is 10.1. The van der Waals surface area contributed by atoms with E-state index in [1.807, 2.05) is 13.8 Å². The highest BCUT2D eigenvalue weighted by molar-refractivity contribution is 7.89. The third-order valence-corrected chi connectivity index (χ3v) is 5.03. The Morgan fingerprint density at radius 2 is 2.00 bits per heavy atom. The van der Waals surface area contributed by atoms with Crippen molar-refractivity contribution in [3.8, 4) is 0 Å². The van der Waals surface area contributed by atoms with Crippen molar-refractivity contribution < 1.29 is 13.3 Å². The van der Waals surface area contributed by atoms with Crippen molar-refractivity contribution in [2.75, 3.05) is 5.43 Å². The standard InChI is InChI=1S/C12H20N4O4S/c1-4-8(2)9(3)15-21(19,20)10-5-6-12(16(17)18)11(7-10)14-13/h5-9,14-15H,4,13H2,1-3H3. The Bertz CT molecular complexity index is 618. The Labute approximate surface area is 123 Å². The highest BCUT2D eigenvalue weighted by Crippen LogP contribution is 2.26. The number of nitrogen functional groups attached to an aromatic ring is 1. The van der Waals surface area contributed by atoms with Gasteiger partial charge in [-0.3, -0.25) is 16.0 Å². The molecule has 0 saturated carbocycles. The minimum absolute atomic E-state index is 0.0564. The van der Waals surface area contributed by atoms with Gasteiger partial charge < -0.3 is 5.43 Å². The van der Waals surface area contributed by atoms with Crippen LogP contribution in [0.1, 0.15) is 27.2 Å². The first-order valence-electron chi connectivity index (χ1n) is 6.50. The number of hydrogen-bond donors (Lipinski definition) is 3. The molecule has 0 aliphatic carbocycles. The van der Waals surface area contributed by atoms with E-state index >= 15 is 0 Å². The van der Waals surface area contributed by atoms with Crippen molar-refractivity contribution in [3.63, 3.8) is 0 Å². The van der Waals surface area contributed by atoms with E-state index in [9.17, 15) is 18.5 Å². The fraction of sp³-hybridized carbons (Fsp3) is 0.500. The van der Waals surface area contributed by atoms with Gasteiger partial charge in [-0.1, -0.05) is 20.3 Å². The number of nitro groups is 1. The second-order valence-corrected chi connectivity index (χ2v) is 6.59. The summed E-state index contributed by atoms with van der Waals surface area (Å²) in [5.41, 5.74) is 1.80. The number of nitro benzene ring substituents is 1. The minimum atomic E-state index is -3.76. The van der Waals surface area contributed by atoms with Crippen LogP contribution in [0.5, 0.6) is 0 Å². The highest BCUT2D eigenvalue weighted by atomic mass is 32.2. The Balaban J connectivity index is 3.12. The number of sulfonamides is 1. The molecule has 0 spiro atoms. The van der Waals surface area contributed by atoms with Crippen LogP contribution in [0.2, 0.25) is 0 Å². The zero-order valence-corrected chi connectivity index (χ0v) is 13.0. The number of nitrogens with zero attached hydrogens (tertiary/aromatic N) is 1. The molecule has 9 heteroatoms. The van der Waals surface area contributed by atoms with E-state index in [0.717, 1.165) is 18.6 Å². The number of hydrazine groups is 1. The second kappa shape index (κ2) is 6.83. The Kier molecular flexibility index (Phi) is 5.64. The molecule has 21 heavy (non-hydrogen) atoms. The van der Waals surface area contributed by atoms with Crippen LogP contribution >= 0.6 is 0 Å². The third-order valence-electron chi connectivity index (χ3n) is 3.47. The average molecular weight is 316 g/mol. The molecule has 2 atom stereocenters. The predicted octanol–water partition coefficient (Wildman–Crippen LogP) is 1.59. The summed E-state index contributed by atoms with van der Waals surface area (Å²) in [6, 6.07) is 3.19. The number of anilines is 1. The van der Waals surface area contributed by atoms with Crippen molar-refractivity contribution in [1.29, 1.82) is 0 Å². The summed E-state index contributed by atoms with van der Waals surface area (Å²) < 4.78 is 27.1. The minimum Gasteiger partial charge on any atom is -0.318 e. The van der Waals surface area contributed by atoms with Gasteiger partial charge in [-0.25, -0.2) is 13.1 Å². The quantitative estimate of drug-likeness (QED) is 0.398. The van der Waals surface area contributed by atoms with Crippen LogP contribution in [0, 0.1) is 16.0 Å². The van der Waals surface area contributed by atoms with E-state index in [1.54, 1.807) is 6.92 Å². The van der Waals surface area contributed by atoms with Crippen molar-refractivity contribution in [2.45, 2.75) is 38.1 Å². The fourth-order valence-corrected chi connectivity index (χ4v) is 3.12. The third kappa shape index (κ3) is 4.13. The van der Waals surface area contributed by atoms with Gasteiger partial charge in [0.1, 0.15) is 5.69 Å². The number of rotatable bonds is 7. The molecule has 0 saturated heterocycles. The van der Waals surface area contributed by atoms with E-state index < -0.39 is 14.9 Å². The normalized spacial score (nSPS) is 14.5. The molecule has 1 aromatic rings. The number of hydrogen-bond acceptors (Lipinski definition) is 6. The first-order valence-corrected chi connectivity index (χ1v) is 7.98. The van der Waals surface area contributed by atoms with Gasteiger partial charge >= 0.3 is 0 Å². The monoisotopic (exact) mass is 316 g/mol. The summed E-state index contributed by atoms with van der Waals surface area (Å²) in [5, 5.41) is 10.8. The molecule has 0 fully saturated rings. The van der Waals surface area contributed by atoms with Crippen molar-refractivity contribution >= 4 is 21.4 Å². The van der Waals surface area contributed by atoms with Crippen LogP contribution in [0.15, 0.2) is 23.1 Å². The lowest BCUT2D eigenvalue weighted by molar-refractivity contribution is -0.384. The molecular weight excluding hydrogens is 296 g/mol. The molecule has 0 aliphatic heterocycles. The van der Waals surface area contributed by atoms with Crippen LogP contribution < -0.4 is 16.0 Å². The maximum Gasteiger partial charge on any atom is 0.293 e. The molecular formula is C12H20N4O4S. The van der Waals surface area contributed by atoms with E-state index in [2.05, 4.69) is 10.1 Å². The van der Waals surface area contributed by atoms with Gasteiger partial charge in [0.25, 0.3) is 5.69 Å². The van der Waals surface area contributed by atoms with Crippen molar-refractivity contribution in [2.24, 2.45) is 11.8 Å². The van der Waals surface area contributed by atoms with Crippen LogP contribution in [-0.4, -0.2) is 19.4 Å². The van der Waals surface area contributed by atoms with E-state index in [4.69, 9.17) is 5.84 Å². The van der Waals surface area contributed by atoms with Gasteiger partial charge in [-0.2, -0.15) is 0 Å². The summed E-state index contributed by atoms with van der Waals surface area (Å²) in [7, 11) is -3.76. The molecule has 1 aromatic carbocycles. The molecule has 0 aliphatic rings. The smallest absolute Gasteiger partial charge is 0.293 e. The molecule has 0 radical (unpaired) electrons. The first-order chi connectivity index (χ1) is 9.72. The SMILES string of the molecule is CCC(C)C(C)NS(=O)(=O)c1ccc([N+](=O)[O-])c(NN)c1. The molecule has 2 unspecified atom stereocenters. The topological polar surface area (TPSA) is 127 Å². The number of benzene rings is 1. The predicted molar refractivity (Wildman–Crippen MR) is 80.1 cm³/mol. The molecule has 0 amide bonds. The molecule has 4 N–H and O–H groups in total. The Hall–Kier alpha value is -1.71. The number of nitrogens with two attached hydrogens (primary N) is 1. The van der Waals surface area contributed by atoms with Crippen LogP contribution in [0.25, 0.3) is 0 Å². The van der Waals surface area contributed by atoms with Crippen molar-refractivity contribution in [3.05, 3.63) is 28.3 Å². The Morgan fingerprint density at radius 1 is 1.38 bits per heavy atom. The van der Waals surface area contributed by atoms with Gasteiger partial charge in [0.2, 0.25) is 10.0 Å². The molecule has 0 aromatic heterocycles. The van der Waals surface area contributed by atoms with Crippen LogP contribution in [-0.2, 0) is 10.0 Å². The van der Waals surface area contributed by atoms with Gasteiger partial charge in [0.15, 0.2) is 0 Å². The highest BCUT2D eigenvalue weighted by Gasteiger charge is 2.23. The molecule has 0 bridgehead atoms. The molecule has 0 heterocycles. The zero-order valence-electron chi connectivity index (χ0n) is 12.2. The average Bonchev–Trinajstić information content (AvgIpc) is 2.44. The van der Waals surface area contributed by atoms with Gasteiger partial charge in [0, 0.05) is 12.1 Å².